The molecule has 0 aliphatic rings. The lowest BCUT2D eigenvalue weighted by Gasteiger charge is -2.10. The molecule has 0 radical (unpaired) electrons. The van der Waals surface area contributed by atoms with Gasteiger partial charge in [0.15, 0.2) is 0 Å². The lowest BCUT2D eigenvalue weighted by atomic mass is 10.2. The number of fused-ring (bicyclic) bond motifs is 3. The Hall–Kier alpha value is -2.06. The van der Waals surface area contributed by atoms with Gasteiger partial charge in [-0.1, -0.05) is 0 Å². The smallest absolute Gasteiger partial charge is 0.207 e. The highest BCUT2D eigenvalue weighted by atomic mass is 16.5. The van der Waals surface area contributed by atoms with Crippen molar-refractivity contribution in [1.82, 2.24) is 29.6 Å². The van der Waals surface area contributed by atoms with Crippen LogP contribution in [-0.2, 0) is 17.9 Å². The molecule has 21 heavy (non-hydrogen) atoms. The van der Waals surface area contributed by atoms with Gasteiger partial charge in [-0.05, 0) is 36.8 Å². The zero-order chi connectivity index (χ0) is 15.0. The molecule has 3 heterocycles. The standard InChI is InChI=1S/C13H19N7O/c1-4-21-7-10-15-11-12(19(10)6-5-14)8(2)9(3)20-13(11)16-17-18-20/h4-7,14H2,1-3H3. The summed E-state index contributed by atoms with van der Waals surface area (Å²) in [5.74, 6) is 0.857. The van der Waals surface area contributed by atoms with E-state index in [1.807, 2.05) is 13.8 Å². The van der Waals surface area contributed by atoms with E-state index < -0.39 is 0 Å². The van der Waals surface area contributed by atoms with Gasteiger partial charge in [0, 0.05) is 25.4 Å². The average Bonchev–Trinajstić information content (AvgIpc) is 3.08. The van der Waals surface area contributed by atoms with Gasteiger partial charge in [-0.25, -0.2) is 4.98 Å². The monoisotopic (exact) mass is 289 g/mol. The predicted octanol–water partition coefficient (Wildman–Crippen LogP) is 0.586. The number of aryl methyl sites for hydroxylation is 2. The number of hydrogen-bond acceptors (Lipinski definition) is 6. The van der Waals surface area contributed by atoms with Gasteiger partial charge in [-0.3, -0.25) is 0 Å². The van der Waals surface area contributed by atoms with Crippen LogP contribution in [0.5, 0.6) is 0 Å². The third-order valence-corrected chi connectivity index (χ3v) is 3.73. The van der Waals surface area contributed by atoms with Crippen molar-refractivity contribution >= 4 is 16.7 Å². The van der Waals surface area contributed by atoms with E-state index in [1.54, 1.807) is 4.52 Å². The summed E-state index contributed by atoms with van der Waals surface area (Å²) in [4.78, 5) is 4.69. The number of imidazole rings is 1. The molecular weight excluding hydrogens is 270 g/mol. The number of tetrazole rings is 1. The Morgan fingerprint density at radius 3 is 2.81 bits per heavy atom. The van der Waals surface area contributed by atoms with E-state index >= 15 is 0 Å². The van der Waals surface area contributed by atoms with Crippen LogP contribution in [-0.4, -0.2) is 42.7 Å². The number of nitrogens with zero attached hydrogens (tertiary/aromatic N) is 6. The summed E-state index contributed by atoms with van der Waals surface area (Å²) in [6, 6.07) is 0. The van der Waals surface area contributed by atoms with Gasteiger partial charge in [0.05, 0.1) is 5.52 Å². The molecule has 112 valence electrons. The molecule has 0 unspecified atom stereocenters. The maximum atomic E-state index is 5.75. The molecule has 2 N–H and O–H groups in total. The molecule has 0 spiro atoms. The molecule has 3 aromatic heterocycles. The Kier molecular flexibility index (Phi) is 3.56. The maximum Gasteiger partial charge on any atom is 0.207 e. The highest BCUT2D eigenvalue weighted by Crippen LogP contribution is 2.26. The zero-order valence-corrected chi connectivity index (χ0v) is 12.5. The molecule has 0 saturated heterocycles. The van der Waals surface area contributed by atoms with E-state index in [-0.39, 0.29) is 0 Å². The Bertz CT molecular complexity index is 789. The zero-order valence-electron chi connectivity index (χ0n) is 12.5. The van der Waals surface area contributed by atoms with Gasteiger partial charge in [0.25, 0.3) is 0 Å². The molecular formula is C13H19N7O. The summed E-state index contributed by atoms with van der Waals surface area (Å²) in [5, 5.41) is 11.9. The van der Waals surface area contributed by atoms with Crippen LogP contribution in [0.15, 0.2) is 0 Å². The second kappa shape index (κ2) is 5.38. The topological polar surface area (TPSA) is 96.1 Å². The first-order chi connectivity index (χ1) is 10.2. The van der Waals surface area contributed by atoms with Crippen molar-refractivity contribution in [3.63, 3.8) is 0 Å². The Morgan fingerprint density at radius 1 is 1.29 bits per heavy atom. The third kappa shape index (κ3) is 2.07. The first kappa shape index (κ1) is 13.9. The summed E-state index contributed by atoms with van der Waals surface area (Å²) in [6.07, 6.45) is 0. The molecule has 0 fully saturated rings. The average molecular weight is 289 g/mol. The van der Waals surface area contributed by atoms with Gasteiger partial charge >= 0.3 is 0 Å². The first-order valence-electron chi connectivity index (χ1n) is 7.03. The summed E-state index contributed by atoms with van der Waals surface area (Å²) in [6.45, 7) is 8.35. The van der Waals surface area contributed by atoms with Crippen molar-refractivity contribution in [3.05, 3.63) is 17.1 Å². The van der Waals surface area contributed by atoms with Crippen molar-refractivity contribution < 1.29 is 4.74 Å². The number of ether oxygens (including phenoxy) is 1. The van der Waals surface area contributed by atoms with Crippen LogP contribution in [0.2, 0.25) is 0 Å². The van der Waals surface area contributed by atoms with Gasteiger partial charge < -0.3 is 15.0 Å². The van der Waals surface area contributed by atoms with Crippen molar-refractivity contribution in [2.45, 2.75) is 33.9 Å². The summed E-state index contributed by atoms with van der Waals surface area (Å²) in [5.41, 5.74) is 10.4. The van der Waals surface area contributed by atoms with E-state index in [0.717, 1.165) is 28.1 Å². The van der Waals surface area contributed by atoms with E-state index in [2.05, 4.69) is 27.0 Å². The lowest BCUT2D eigenvalue weighted by Crippen LogP contribution is -2.14. The van der Waals surface area contributed by atoms with E-state index in [1.165, 1.54) is 0 Å². The minimum atomic E-state index is 0.456. The van der Waals surface area contributed by atoms with Crippen LogP contribution < -0.4 is 5.73 Å². The molecule has 3 aromatic rings. The van der Waals surface area contributed by atoms with Crippen molar-refractivity contribution in [3.8, 4) is 0 Å². The molecule has 3 rings (SSSR count). The molecule has 0 saturated carbocycles. The Morgan fingerprint density at radius 2 is 2.10 bits per heavy atom. The van der Waals surface area contributed by atoms with Gasteiger partial charge in [0.1, 0.15) is 17.9 Å². The van der Waals surface area contributed by atoms with Crippen LogP contribution in [0.1, 0.15) is 24.0 Å². The third-order valence-electron chi connectivity index (χ3n) is 3.73. The number of nitrogens with two attached hydrogens (primary N) is 1. The van der Waals surface area contributed by atoms with Crippen LogP contribution in [0.25, 0.3) is 16.7 Å². The summed E-state index contributed by atoms with van der Waals surface area (Å²) in [7, 11) is 0. The Balaban J connectivity index is 2.34. The minimum absolute atomic E-state index is 0.456. The molecule has 0 atom stereocenters. The fraction of sp³-hybridized carbons (Fsp3) is 0.538. The number of rotatable bonds is 5. The van der Waals surface area contributed by atoms with Crippen LogP contribution in [0.4, 0.5) is 0 Å². The summed E-state index contributed by atoms with van der Waals surface area (Å²) < 4.78 is 9.35. The first-order valence-corrected chi connectivity index (χ1v) is 7.03. The van der Waals surface area contributed by atoms with Gasteiger partial charge in [-0.2, -0.15) is 4.52 Å². The van der Waals surface area contributed by atoms with Gasteiger partial charge in [0.2, 0.25) is 5.65 Å². The van der Waals surface area contributed by atoms with E-state index in [4.69, 9.17) is 15.5 Å². The second-order valence-corrected chi connectivity index (χ2v) is 4.93. The normalized spacial score (nSPS) is 11.8. The quantitative estimate of drug-likeness (QED) is 0.738. The van der Waals surface area contributed by atoms with Crippen LogP contribution >= 0.6 is 0 Å². The van der Waals surface area contributed by atoms with Crippen molar-refractivity contribution in [1.29, 1.82) is 0 Å². The van der Waals surface area contributed by atoms with Gasteiger partial charge in [-0.15, -0.1) is 5.10 Å². The number of aromatic nitrogens is 6. The second-order valence-electron chi connectivity index (χ2n) is 4.93. The van der Waals surface area contributed by atoms with Crippen LogP contribution in [0.3, 0.4) is 0 Å². The minimum Gasteiger partial charge on any atom is -0.374 e. The number of hydrogen-bond donors (Lipinski definition) is 1. The largest absolute Gasteiger partial charge is 0.374 e. The summed E-state index contributed by atoms with van der Waals surface area (Å²) >= 11 is 0. The molecule has 0 aromatic carbocycles. The molecule has 8 nitrogen and oxygen atoms in total. The molecule has 0 aliphatic carbocycles. The fourth-order valence-electron chi connectivity index (χ4n) is 2.60. The molecule has 8 heteroatoms. The maximum absolute atomic E-state index is 5.75. The number of pyridine rings is 1. The highest BCUT2D eigenvalue weighted by molar-refractivity contribution is 5.91. The molecule has 0 aliphatic heterocycles. The van der Waals surface area contributed by atoms with E-state index in [9.17, 15) is 0 Å². The van der Waals surface area contributed by atoms with E-state index in [0.29, 0.717) is 32.0 Å². The highest BCUT2D eigenvalue weighted by Gasteiger charge is 2.19. The molecule has 0 bridgehead atoms. The Labute approximate surface area is 121 Å². The van der Waals surface area contributed by atoms with Crippen molar-refractivity contribution in [2.24, 2.45) is 5.73 Å². The lowest BCUT2D eigenvalue weighted by molar-refractivity contribution is 0.126. The van der Waals surface area contributed by atoms with Crippen LogP contribution in [0, 0.1) is 13.8 Å². The fourth-order valence-corrected chi connectivity index (χ4v) is 2.60. The molecule has 0 amide bonds. The van der Waals surface area contributed by atoms with Crippen molar-refractivity contribution in [2.75, 3.05) is 13.2 Å². The SMILES string of the molecule is CCOCc1nc2c(c(C)c(C)n3nnnc23)n1CCN. The predicted molar refractivity (Wildman–Crippen MR) is 77.9 cm³/mol.